The topological polar surface area (TPSA) is 48.4 Å². The van der Waals surface area contributed by atoms with Gasteiger partial charge in [0.05, 0.1) is 29.3 Å². The van der Waals surface area contributed by atoms with E-state index >= 15 is 0 Å². The summed E-state index contributed by atoms with van der Waals surface area (Å²) in [6.45, 7) is 1.79. The van der Waals surface area contributed by atoms with E-state index in [4.69, 9.17) is 9.47 Å². The van der Waals surface area contributed by atoms with Gasteiger partial charge < -0.3 is 9.47 Å². The van der Waals surface area contributed by atoms with Crippen molar-refractivity contribution in [1.29, 1.82) is 0 Å². The summed E-state index contributed by atoms with van der Waals surface area (Å²) in [6.07, 6.45) is 0. The van der Waals surface area contributed by atoms with Crippen molar-refractivity contribution in [3.05, 3.63) is 40.1 Å². The van der Waals surface area contributed by atoms with E-state index in [1.807, 2.05) is 24.3 Å². The molecule has 20 heavy (non-hydrogen) atoms. The summed E-state index contributed by atoms with van der Waals surface area (Å²) in [6, 6.07) is 7.83. The molecule has 1 aliphatic carbocycles. The smallest absolute Gasteiger partial charge is 0.228 e. The van der Waals surface area contributed by atoms with E-state index in [1.54, 1.807) is 18.3 Å². The number of para-hydroxylation sites is 1. The zero-order valence-electron chi connectivity index (χ0n) is 11.4. The molecule has 0 aromatic heterocycles. The lowest BCUT2D eigenvalue weighted by molar-refractivity contribution is 0.352. The Morgan fingerprint density at radius 2 is 1.80 bits per heavy atom. The third-order valence-corrected chi connectivity index (χ3v) is 4.51. The Bertz CT molecular complexity index is 825. The van der Waals surface area contributed by atoms with E-state index in [0.717, 1.165) is 15.1 Å². The molecule has 5 heteroatoms. The van der Waals surface area contributed by atoms with E-state index in [0.29, 0.717) is 17.0 Å². The molecule has 0 atom stereocenters. The molecule has 1 heterocycles. The van der Waals surface area contributed by atoms with Gasteiger partial charge in [0.1, 0.15) is 5.69 Å². The molecule has 2 aliphatic rings. The van der Waals surface area contributed by atoms with Crippen LogP contribution in [0.25, 0.3) is 20.8 Å². The van der Waals surface area contributed by atoms with Crippen LogP contribution in [0, 0.1) is 6.92 Å². The van der Waals surface area contributed by atoms with Crippen molar-refractivity contribution in [2.24, 2.45) is 0 Å². The Balaban J connectivity index is 2.54. The maximum Gasteiger partial charge on any atom is 0.228 e. The Hall–Kier alpha value is -2.14. The molecule has 102 valence electrons. The summed E-state index contributed by atoms with van der Waals surface area (Å²) in [5.41, 5.74) is 2.04. The minimum Gasteiger partial charge on any atom is -0.491 e. The largest absolute Gasteiger partial charge is 0.491 e. The molecule has 0 bridgehead atoms. The average Bonchev–Trinajstić information content (AvgIpc) is 2.49. The highest BCUT2D eigenvalue weighted by atomic mass is 32.1. The molecule has 3 rings (SSSR count). The second-order valence-electron chi connectivity index (χ2n) is 4.38. The van der Waals surface area contributed by atoms with Crippen LogP contribution < -0.4 is 14.9 Å². The van der Waals surface area contributed by atoms with Gasteiger partial charge >= 0.3 is 0 Å². The minimum atomic E-state index is -0.148. The number of methoxy groups -OCH3 is 2. The van der Waals surface area contributed by atoms with Crippen molar-refractivity contribution in [2.45, 2.75) is 6.92 Å². The molecule has 0 amide bonds. The first-order valence-corrected chi connectivity index (χ1v) is 6.93. The van der Waals surface area contributed by atoms with E-state index in [2.05, 4.69) is 4.98 Å². The SMILES string of the molecule is COc1c2nc3ccccc3sc-2c(C)c(=O)c1OC. The lowest BCUT2D eigenvalue weighted by Gasteiger charge is -2.15. The Morgan fingerprint density at radius 3 is 2.50 bits per heavy atom. The molecule has 0 saturated carbocycles. The number of hydrogen-bond acceptors (Lipinski definition) is 5. The van der Waals surface area contributed by atoms with Crippen LogP contribution in [0.15, 0.2) is 29.1 Å². The number of ether oxygens (including phenoxy) is 2. The van der Waals surface area contributed by atoms with Gasteiger partial charge in [-0.3, -0.25) is 4.79 Å². The quantitative estimate of drug-likeness (QED) is 0.680. The molecule has 1 aromatic rings. The summed E-state index contributed by atoms with van der Waals surface area (Å²) >= 11 is 1.54. The number of rotatable bonds is 2. The van der Waals surface area contributed by atoms with Gasteiger partial charge in [-0.25, -0.2) is 4.98 Å². The number of fused-ring (bicyclic) bond motifs is 2. The van der Waals surface area contributed by atoms with E-state index in [9.17, 15) is 4.79 Å². The first kappa shape index (κ1) is 12.9. The maximum absolute atomic E-state index is 12.3. The summed E-state index contributed by atoms with van der Waals surface area (Å²) < 4.78 is 11.6. The highest BCUT2D eigenvalue weighted by Gasteiger charge is 2.24. The van der Waals surface area contributed by atoms with Gasteiger partial charge in [-0.2, -0.15) is 0 Å². The molecular weight excluding hydrogens is 274 g/mol. The van der Waals surface area contributed by atoms with Crippen LogP contribution in [0.3, 0.4) is 0 Å². The van der Waals surface area contributed by atoms with Gasteiger partial charge in [-0.05, 0) is 19.1 Å². The lowest BCUT2D eigenvalue weighted by Crippen LogP contribution is -2.13. The molecule has 0 unspecified atom stereocenters. The Labute approximate surface area is 120 Å². The number of nitrogens with zero attached hydrogens (tertiary/aromatic N) is 1. The summed E-state index contributed by atoms with van der Waals surface area (Å²) in [5.74, 6) is 0.618. The lowest BCUT2D eigenvalue weighted by atomic mass is 10.1. The molecular formula is C15H13NO3S. The number of aromatic nitrogens is 1. The van der Waals surface area contributed by atoms with Crippen LogP contribution in [-0.2, 0) is 0 Å². The van der Waals surface area contributed by atoms with Gasteiger partial charge in [0.2, 0.25) is 11.2 Å². The predicted octanol–water partition coefficient (Wildman–Crippen LogP) is 3.09. The van der Waals surface area contributed by atoms with Gasteiger partial charge in [0.15, 0.2) is 5.75 Å². The van der Waals surface area contributed by atoms with Crippen LogP contribution in [0.5, 0.6) is 11.5 Å². The second kappa shape index (κ2) is 4.76. The summed E-state index contributed by atoms with van der Waals surface area (Å²) in [4.78, 5) is 17.8. The van der Waals surface area contributed by atoms with E-state index in [1.165, 1.54) is 14.2 Å². The Kier molecular flexibility index (Phi) is 3.06. The van der Waals surface area contributed by atoms with Crippen molar-refractivity contribution >= 4 is 21.6 Å². The highest BCUT2D eigenvalue weighted by Crippen LogP contribution is 2.41. The van der Waals surface area contributed by atoms with Crippen LogP contribution in [-0.4, -0.2) is 19.2 Å². The molecule has 0 N–H and O–H groups in total. The monoisotopic (exact) mass is 287 g/mol. The molecule has 0 radical (unpaired) electrons. The first-order chi connectivity index (χ1) is 9.67. The zero-order chi connectivity index (χ0) is 14.3. The van der Waals surface area contributed by atoms with Crippen molar-refractivity contribution in [3.63, 3.8) is 0 Å². The van der Waals surface area contributed by atoms with Crippen molar-refractivity contribution in [1.82, 2.24) is 4.98 Å². The van der Waals surface area contributed by atoms with Crippen LogP contribution in [0.4, 0.5) is 0 Å². The summed E-state index contributed by atoms with van der Waals surface area (Å²) in [5, 5.41) is 0. The minimum absolute atomic E-state index is 0.148. The maximum atomic E-state index is 12.3. The van der Waals surface area contributed by atoms with Gasteiger partial charge in [0, 0.05) is 5.56 Å². The summed E-state index contributed by atoms with van der Waals surface area (Å²) in [7, 11) is 2.99. The standard InChI is InChI=1S/C15H13NO3S/c1-8-12(17)14(19-3)13(18-2)11-15(8)20-10-7-5-4-6-9(10)16-11/h4-7H,1-3H3. The third kappa shape index (κ3) is 1.74. The molecule has 0 saturated heterocycles. The molecule has 0 fully saturated rings. The third-order valence-electron chi connectivity index (χ3n) is 3.24. The van der Waals surface area contributed by atoms with E-state index in [-0.39, 0.29) is 11.2 Å². The number of benzene rings is 2. The molecule has 1 aromatic carbocycles. The normalized spacial score (nSPS) is 10.9. The average molecular weight is 287 g/mol. The zero-order valence-corrected chi connectivity index (χ0v) is 12.2. The van der Waals surface area contributed by atoms with Crippen LogP contribution in [0.1, 0.15) is 5.56 Å². The predicted molar refractivity (Wildman–Crippen MR) is 80.4 cm³/mol. The van der Waals surface area contributed by atoms with Gasteiger partial charge in [-0.15, -0.1) is 11.3 Å². The van der Waals surface area contributed by atoms with Crippen LogP contribution in [0.2, 0.25) is 0 Å². The highest BCUT2D eigenvalue weighted by molar-refractivity contribution is 7.21. The van der Waals surface area contributed by atoms with Gasteiger partial charge in [0.25, 0.3) is 0 Å². The Morgan fingerprint density at radius 1 is 1.10 bits per heavy atom. The fourth-order valence-corrected chi connectivity index (χ4v) is 3.30. The second-order valence-corrected chi connectivity index (χ2v) is 5.43. The fraction of sp³-hybridized carbons (Fsp3) is 0.200. The molecule has 0 spiro atoms. The van der Waals surface area contributed by atoms with E-state index < -0.39 is 0 Å². The fourth-order valence-electron chi connectivity index (χ4n) is 2.23. The van der Waals surface area contributed by atoms with Crippen molar-refractivity contribution in [2.75, 3.05) is 14.2 Å². The van der Waals surface area contributed by atoms with Crippen molar-refractivity contribution < 1.29 is 9.47 Å². The number of hydrogen-bond donors (Lipinski definition) is 0. The molecule has 1 aliphatic heterocycles. The van der Waals surface area contributed by atoms with Gasteiger partial charge in [-0.1, -0.05) is 12.1 Å². The van der Waals surface area contributed by atoms with Crippen LogP contribution >= 0.6 is 11.3 Å². The molecule has 4 nitrogen and oxygen atoms in total. The van der Waals surface area contributed by atoms with Crippen molar-refractivity contribution in [3.8, 4) is 22.1 Å². The first-order valence-electron chi connectivity index (χ1n) is 6.11.